The van der Waals surface area contributed by atoms with Gasteiger partial charge in [0.15, 0.2) is 0 Å². The van der Waals surface area contributed by atoms with Gasteiger partial charge in [-0.3, -0.25) is 14.8 Å². The van der Waals surface area contributed by atoms with Crippen LogP contribution in [0.15, 0.2) is 0 Å². The Morgan fingerprint density at radius 2 is 2.00 bits per heavy atom. The molecule has 0 bridgehead atoms. The van der Waals surface area contributed by atoms with E-state index in [0.717, 1.165) is 5.96 Å². The van der Waals surface area contributed by atoms with Crippen LogP contribution in [0.4, 0.5) is 0 Å². The number of guanidine groups is 1. The number of nitrogens with one attached hydrogen (secondary N) is 1. The number of hydrogen-bond donors (Lipinski definition) is 1. The molecule has 0 saturated carbocycles. The van der Waals surface area contributed by atoms with Crippen molar-refractivity contribution < 1.29 is 4.58 Å². The van der Waals surface area contributed by atoms with Crippen molar-refractivity contribution in [1.29, 1.82) is 0 Å². The van der Waals surface area contributed by atoms with Crippen LogP contribution in [0, 0.1) is 6.92 Å². The standard InChI is InChI=1S/C7H16N3/c1-6-8-7(9(2)3)10(4)5/h1,6H2,2-5H3/p+1. The topological polar surface area (TPSA) is 18.3 Å². The molecule has 3 heteroatoms. The Labute approximate surface area is 63.3 Å². The monoisotopic (exact) mass is 143 g/mol. The Kier molecular flexibility index (Phi) is 3.84. The zero-order valence-corrected chi connectivity index (χ0v) is 7.31. The van der Waals surface area contributed by atoms with Gasteiger partial charge in [-0.25, -0.2) is 0 Å². The molecule has 0 aromatic rings. The van der Waals surface area contributed by atoms with E-state index in [2.05, 4.69) is 12.2 Å². The molecule has 0 rings (SSSR count). The van der Waals surface area contributed by atoms with Crippen molar-refractivity contribution in [2.24, 2.45) is 0 Å². The molecule has 0 aromatic heterocycles. The highest BCUT2D eigenvalue weighted by Gasteiger charge is 2.07. The van der Waals surface area contributed by atoms with E-state index in [1.165, 1.54) is 0 Å². The minimum atomic E-state index is 0.714. The third kappa shape index (κ3) is 2.71. The molecule has 0 aromatic carbocycles. The Hall–Kier alpha value is -0.730. The fourth-order valence-electron chi connectivity index (χ4n) is 0.828. The maximum Gasteiger partial charge on any atom is 0.347 e. The fraction of sp³-hybridized carbons (Fsp3) is 0.714. The van der Waals surface area contributed by atoms with Crippen molar-refractivity contribution >= 4 is 5.96 Å². The smallest absolute Gasteiger partial charge is 0.278 e. The summed E-state index contributed by atoms with van der Waals surface area (Å²) in [5.74, 6) is 1.08. The zero-order valence-electron chi connectivity index (χ0n) is 7.31. The Morgan fingerprint density at radius 1 is 1.50 bits per heavy atom. The molecule has 0 fully saturated rings. The Balaban J connectivity index is 4.13. The van der Waals surface area contributed by atoms with E-state index in [1.54, 1.807) is 0 Å². The van der Waals surface area contributed by atoms with Gasteiger partial charge >= 0.3 is 5.96 Å². The van der Waals surface area contributed by atoms with Gasteiger partial charge in [-0.2, -0.15) is 0 Å². The van der Waals surface area contributed by atoms with Crippen LogP contribution < -0.4 is 5.32 Å². The lowest BCUT2D eigenvalue weighted by Gasteiger charge is -2.11. The first kappa shape index (κ1) is 9.27. The SMILES string of the molecule is [CH2]CNC(N(C)C)=[N+](C)C. The van der Waals surface area contributed by atoms with E-state index in [-0.39, 0.29) is 0 Å². The minimum Gasteiger partial charge on any atom is -0.278 e. The predicted molar refractivity (Wildman–Crippen MR) is 44.2 cm³/mol. The Morgan fingerprint density at radius 3 is 2.10 bits per heavy atom. The van der Waals surface area contributed by atoms with Gasteiger partial charge in [-0.1, -0.05) is 0 Å². The lowest BCUT2D eigenvalue weighted by Crippen LogP contribution is -2.41. The molecule has 0 amide bonds. The van der Waals surface area contributed by atoms with Crippen molar-refractivity contribution in [2.75, 3.05) is 34.7 Å². The molecule has 3 nitrogen and oxygen atoms in total. The van der Waals surface area contributed by atoms with Crippen molar-refractivity contribution in [3.8, 4) is 0 Å². The molecule has 59 valence electrons. The first-order valence-corrected chi connectivity index (χ1v) is 3.34. The highest BCUT2D eigenvalue weighted by molar-refractivity contribution is 5.74. The molecule has 0 saturated heterocycles. The fourth-order valence-corrected chi connectivity index (χ4v) is 0.828. The summed E-state index contributed by atoms with van der Waals surface area (Å²) in [6.45, 7) is 4.42. The summed E-state index contributed by atoms with van der Waals surface area (Å²) in [4.78, 5) is 2.02. The maximum absolute atomic E-state index is 3.70. The van der Waals surface area contributed by atoms with E-state index < -0.39 is 0 Å². The van der Waals surface area contributed by atoms with Gasteiger partial charge in [-0.05, 0) is 6.92 Å². The highest BCUT2D eigenvalue weighted by atomic mass is 15.3. The molecule has 0 heterocycles. The second-order valence-corrected chi connectivity index (χ2v) is 2.54. The van der Waals surface area contributed by atoms with Gasteiger partial charge in [0.1, 0.15) is 0 Å². The van der Waals surface area contributed by atoms with Crippen LogP contribution in [-0.4, -0.2) is 50.2 Å². The van der Waals surface area contributed by atoms with Gasteiger partial charge in [0.2, 0.25) is 0 Å². The molecule has 1 N–H and O–H groups in total. The van der Waals surface area contributed by atoms with Gasteiger partial charge < -0.3 is 0 Å². The summed E-state index contributed by atoms with van der Waals surface area (Å²) in [5, 5.41) is 3.14. The first-order chi connectivity index (χ1) is 4.59. The average molecular weight is 143 g/mol. The van der Waals surface area contributed by atoms with Crippen LogP contribution in [-0.2, 0) is 0 Å². The number of hydrogen-bond acceptors (Lipinski definition) is 0. The van der Waals surface area contributed by atoms with Crippen LogP contribution in [0.1, 0.15) is 0 Å². The molecular formula is C7H17N3+. The van der Waals surface area contributed by atoms with Crippen molar-refractivity contribution in [2.45, 2.75) is 0 Å². The molecule has 0 spiro atoms. The first-order valence-electron chi connectivity index (χ1n) is 3.34. The largest absolute Gasteiger partial charge is 0.347 e. The molecular weight excluding hydrogens is 126 g/mol. The predicted octanol–water partition coefficient (Wildman–Crippen LogP) is -0.400. The lowest BCUT2D eigenvalue weighted by molar-refractivity contribution is -0.472. The minimum absolute atomic E-state index is 0.714. The molecule has 1 radical (unpaired) electrons. The van der Waals surface area contributed by atoms with E-state index >= 15 is 0 Å². The van der Waals surface area contributed by atoms with Gasteiger partial charge in [0.05, 0.1) is 34.7 Å². The van der Waals surface area contributed by atoms with Crippen molar-refractivity contribution in [3.63, 3.8) is 0 Å². The number of nitrogens with zero attached hydrogens (tertiary/aromatic N) is 2. The van der Waals surface area contributed by atoms with E-state index in [4.69, 9.17) is 0 Å². The van der Waals surface area contributed by atoms with Crippen LogP contribution in [0.5, 0.6) is 0 Å². The number of rotatable bonds is 1. The summed E-state index contributed by atoms with van der Waals surface area (Å²) in [6.07, 6.45) is 0. The van der Waals surface area contributed by atoms with E-state index in [0.29, 0.717) is 6.54 Å². The maximum atomic E-state index is 3.70. The van der Waals surface area contributed by atoms with Gasteiger partial charge in [-0.15, -0.1) is 0 Å². The molecule has 0 aliphatic rings. The molecule has 0 atom stereocenters. The van der Waals surface area contributed by atoms with Crippen LogP contribution in [0.3, 0.4) is 0 Å². The highest BCUT2D eigenvalue weighted by Crippen LogP contribution is 1.75. The summed E-state index contributed by atoms with van der Waals surface area (Å²) in [5.41, 5.74) is 0. The molecule has 0 aliphatic carbocycles. The van der Waals surface area contributed by atoms with E-state index in [1.807, 2.05) is 37.7 Å². The van der Waals surface area contributed by atoms with E-state index in [9.17, 15) is 0 Å². The normalized spacial score (nSPS) is 8.90. The third-order valence-electron chi connectivity index (χ3n) is 1.13. The molecule has 0 unspecified atom stereocenters. The second kappa shape index (κ2) is 4.14. The third-order valence-corrected chi connectivity index (χ3v) is 1.13. The zero-order chi connectivity index (χ0) is 8.15. The van der Waals surface area contributed by atoms with Crippen molar-refractivity contribution in [3.05, 3.63) is 6.92 Å². The average Bonchev–Trinajstić information content (AvgIpc) is 1.81. The quantitative estimate of drug-likeness (QED) is 0.306. The second-order valence-electron chi connectivity index (χ2n) is 2.54. The summed E-state index contributed by atoms with van der Waals surface area (Å²) in [6, 6.07) is 0. The van der Waals surface area contributed by atoms with Crippen LogP contribution in [0.25, 0.3) is 0 Å². The van der Waals surface area contributed by atoms with Crippen LogP contribution >= 0.6 is 0 Å². The molecule has 10 heavy (non-hydrogen) atoms. The van der Waals surface area contributed by atoms with Crippen LogP contribution in [0.2, 0.25) is 0 Å². The lowest BCUT2D eigenvalue weighted by atomic mass is 10.7. The summed E-state index contributed by atoms with van der Waals surface area (Å²) >= 11 is 0. The van der Waals surface area contributed by atoms with Crippen molar-refractivity contribution in [1.82, 2.24) is 10.2 Å². The Bertz CT molecular complexity index is 123. The summed E-state index contributed by atoms with van der Waals surface area (Å²) in [7, 11) is 7.99. The summed E-state index contributed by atoms with van der Waals surface area (Å²) < 4.78 is 2.02. The molecule has 0 aliphatic heterocycles. The van der Waals surface area contributed by atoms with Gasteiger partial charge in [0, 0.05) is 0 Å². The van der Waals surface area contributed by atoms with Gasteiger partial charge in [0.25, 0.3) is 0 Å².